The highest BCUT2D eigenvalue weighted by atomic mass is 35.5. The maximum Gasteiger partial charge on any atom is 0.240 e. The second-order valence-electron chi connectivity index (χ2n) is 4.95. The SMILES string of the molecule is CS(=O)(=O)c1ccc(S(=O)(=O)NCC2CCNC2)cc1.Cl. The molecule has 9 heteroatoms. The van der Waals surface area contributed by atoms with Gasteiger partial charge in [0.2, 0.25) is 10.0 Å². The van der Waals surface area contributed by atoms with Gasteiger partial charge in [-0.25, -0.2) is 21.6 Å². The normalized spacial score (nSPS) is 19.2. The molecule has 1 aromatic carbocycles. The fraction of sp³-hybridized carbons (Fsp3) is 0.500. The van der Waals surface area contributed by atoms with Gasteiger partial charge in [0.05, 0.1) is 9.79 Å². The summed E-state index contributed by atoms with van der Waals surface area (Å²) >= 11 is 0. The van der Waals surface area contributed by atoms with Gasteiger partial charge in [-0.2, -0.15) is 0 Å². The molecule has 0 spiro atoms. The van der Waals surface area contributed by atoms with Crippen molar-refractivity contribution in [3.63, 3.8) is 0 Å². The fourth-order valence-electron chi connectivity index (χ4n) is 2.07. The van der Waals surface area contributed by atoms with Gasteiger partial charge in [0.1, 0.15) is 0 Å². The molecule has 1 fully saturated rings. The quantitative estimate of drug-likeness (QED) is 0.798. The number of hydrogen-bond acceptors (Lipinski definition) is 5. The van der Waals surface area contributed by atoms with Crippen LogP contribution in [0.1, 0.15) is 6.42 Å². The first kappa shape index (κ1) is 18.4. The lowest BCUT2D eigenvalue weighted by atomic mass is 10.1. The Morgan fingerprint density at radius 1 is 1.14 bits per heavy atom. The first-order valence-corrected chi connectivity index (χ1v) is 9.67. The Bertz CT molecular complexity index is 666. The van der Waals surface area contributed by atoms with Crippen LogP contribution in [0.5, 0.6) is 0 Å². The summed E-state index contributed by atoms with van der Waals surface area (Å²) in [5.41, 5.74) is 0. The first-order valence-electron chi connectivity index (χ1n) is 6.29. The van der Waals surface area contributed by atoms with E-state index in [1.54, 1.807) is 0 Å². The molecule has 0 saturated carbocycles. The van der Waals surface area contributed by atoms with Gasteiger partial charge >= 0.3 is 0 Å². The summed E-state index contributed by atoms with van der Waals surface area (Å²) in [6.07, 6.45) is 2.04. The third kappa shape index (κ3) is 4.93. The third-order valence-electron chi connectivity index (χ3n) is 3.29. The minimum absolute atomic E-state index is 0. The van der Waals surface area contributed by atoms with Crippen LogP contribution in [0.3, 0.4) is 0 Å². The third-order valence-corrected chi connectivity index (χ3v) is 5.85. The lowest BCUT2D eigenvalue weighted by Crippen LogP contribution is -2.30. The lowest BCUT2D eigenvalue weighted by Gasteiger charge is -2.11. The van der Waals surface area contributed by atoms with Crippen LogP contribution in [0.25, 0.3) is 0 Å². The molecular weight excluding hydrogens is 336 g/mol. The van der Waals surface area contributed by atoms with Crippen molar-refractivity contribution >= 4 is 32.3 Å². The standard InChI is InChI=1S/C12H18N2O4S2.ClH/c1-19(15,16)11-2-4-12(5-3-11)20(17,18)14-9-10-6-7-13-8-10;/h2-5,10,13-14H,6-9H2,1H3;1H. The molecule has 1 heterocycles. The maximum absolute atomic E-state index is 12.1. The van der Waals surface area contributed by atoms with Crippen LogP contribution in [-0.2, 0) is 19.9 Å². The van der Waals surface area contributed by atoms with Gasteiger partial charge in [0.15, 0.2) is 9.84 Å². The summed E-state index contributed by atoms with van der Waals surface area (Å²) in [4.78, 5) is 0.187. The van der Waals surface area contributed by atoms with Gasteiger partial charge in [-0.1, -0.05) is 0 Å². The molecule has 1 aliphatic heterocycles. The summed E-state index contributed by atoms with van der Waals surface area (Å²) in [5, 5.41) is 3.17. The van der Waals surface area contributed by atoms with E-state index in [0.29, 0.717) is 12.5 Å². The van der Waals surface area contributed by atoms with E-state index in [0.717, 1.165) is 25.8 Å². The van der Waals surface area contributed by atoms with Crippen molar-refractivity contribution in [3.05, 3.63) is 24.3 Å². The lowest BCUT2D eigenvalue weighted by molar-refractivity contribution is 0.538. The topological polar surface area (TPSA) is 92.3 Å². The number of sulfonamides is 1. The Kier molecular flexibility index (Phi) is 6.18. The highest BCUT2D eigenvalue weighted by molar-refractivity contribution is 7.90. The molecule has 120 valence electrons. The molecule has 2 rings (SSSR count). The predicted molar refractivity (Wildman–Crippen MR) is 83.0 cm³/mol. The average Bonchev–Trinajstić information content (AvgIpc) is 2.89. The summed E-state index contributed by atoms with van der Waals surface area (Å²) < 4.78 is 49.3. The van der Waals surface area contributed by atoms with Gasteiger partial charge in [-0.3, -0.25) is 0 Å². The minimum Gasteiger partial charge on any atom is -0.316 e. The molecular formula is C12H19ClN2O4S2. The van der Waals surface area contributed by atoms with Crippen molar-refractivity contribution in [2.75, 3.05) is 25.9 Å². The van der Waals surface area contributed by atoms with E-state index in [9.17, 15) is 16.8 Å². The number of sulfone groups is 1. The smallest absolute Gasteiger partial charge is 0.240 e. The van der Waals surface area contributed by atoms with Crippen molar-refractivity contribution in [2.24, 2.45) is 5.92 Å². The average molecular weight is 355 g/mol. The second kappa shape index (κ2) is 7.06. The van der Waals surface area contributed by atoms with Crippen LogP contribution in [0, 0.1) is 5.92 Å². The molecule has 6 nitrogen and oxygen atoms in total. The molecule has 0 aromatic heterocycles. The molecule has 1 aromatic rings. The van der Waals surface area contributed by atoms with Crippen LogP contribution in [0.4, 0.5) is 0 Å². The zero-order valence-electron chi connectivity index (χ0n) is 11.6. The van der Waals surface area contributed by atoms with Crippen molar-refractivity contribution in [2.45, 2.75) is 16.2 Å². The highest BCUT2D eigenvalue weighted by Gasteiger charge is 2.19. The monoisotopic (exact) mass is 354 g/mol. The van der Waals surface area contributed by atoms with Gasteiger partial charge in [0.25, 0.3) is 0 Å². The van der Waals surface area contributed by atoms with Crippen LogP contribution < -0.4 is 10.0 Å². The van der Waals surface area contributed by atoms with Crippen LogP contribution in [0.15, 0.2) is 34.1 Å². The zero-order chi connectivity index (χ0) is 14.8. The van der Waals surface area contributed by atoms with Gasteiger partial charge in [-0.15, -0.1) is 12.4 Å². The number of halogens is 1. The minimum atomic E-state index is -3.58. The molecule has 2 N–H and O–H groups in total. The van der Waals surface area contributed by atoms with E-state index >= 15 is 0 Å². The maximum atomic E-state index is 12.1. The zero-order valence-corrected chi connectivity index (χ0v) is 14.0. The summed E-state index contributed by atoms with van der Waals surface area (Å²) in [6, 6.07) is 5.24. The molecule has 1 atom stereocenters. The van der Waals surface area contributed by atoms with Crippen molar-refractivity contribution < 1.29 is 16.8 Å². The molecule has 1 unspecified atom stereocenters. The van der Waals surface area contributed by atoms with E-state index in [1.165, 1.54) is 24.3 Å². The van der Waals surface area contributed by atoms with Gasteiger partial charge in [0, 0.05) is 12.8 Å². The van der Waals surface area contributed by atoms with E-state index in [2.05, 4.69) is 10.0 Å². The molecule has 0 bridgehead atoms. The van der Waals surface area contributed by atoms with Crippen LogP contribution >= 0.6 is 12.4 Å². The Morgan fingerprint density at radius 2 is 1.71 bits per heavy atom. The van der Waals surface area contributed by atoms with E-state index in [4.69, 9.17) is 0 Å². The van der Waals surface area contributed by atoms with Gasteiger partial charge < -0.3 is 5.32 Å². The van der Waals surface area contributed by atoms with E-state index in [-0.39, 0.29) is 22.2 Å². The Hall–Kier alpha value is -0.670. The summed E-state index contributed by atoms with van der Waals surface area (Å²) in [5.74, 6) is 0.306. The van der Waals surface area contributed by atoms with Crippen LogP contribution in [-0.4, -0.2) is 42.7 Å². The Labute approximate surface area is 131 Å². The second-order valence-corrected chi connectivity index (χ2v) is 8.74. The Morgan fingerprint density at radius 3 is 2.19 bits per heavy atom. The fourth-order valence-corrected chi connectivity index (χ4v) is 3.81. The molecule has 1 aliphatic rings. The summed E-state index contributed by atoms with van der Waals surface area (Å²) in [6.45, 7) is 2.12. The molecule has 0 amide bonds. The highest BCUT2D eigenvalue weighted by Crippen LogP contribution is 2.15. The molecule has 0 aliphatic carbocycles. The molecule has 0 radical (unpaired) electrons. The van der Waals surface area contributed by atoms with Crippen LogP contribution in [0.2, 0.25) is 0 Å². The number of benzene rings is 1. The van der Waals surface area contributed by atoms with Crippen molar-refractivity contribution in [1.82, 2.24) is 10.0 Å². The molecule has 1 saturated heterocycles. The first-order chi connectivity index (χ1) is 9.29. The van der Waals surface area contributed by atoms with Gasteiger partial charge in [-0.05, 0) is 49.7 Å². The van der Waals surface area contributed by atoms with E-state index in [1.807, 2.05) is 0 Å². The largest absolute Gasteiger partial charge is 0.316 e. The van der Waals surface area contributed by atoms with Crippen molar-refractivity contribution in [3.8, 4) is 0 Å². The Balaban J connectivity index is 0.00000220. The van der Waals surface area contributed by atoms with E-state index < -0.39 is 19.9 Å². The summed E-state index contributed by atoms with van der Waals surface area (Å²) in [7, 11) is -6.90. The number of hydrogen-bond donors (Lipinski definition) is 2. The molecule has 21 heavy (non-hydrogen) atoms. The van der Waals surface area contributed by atoms with Crippen molar-refractivity contribution in [1.29, 1.82) is 0 Å². The number of nitrogens with one attached hydrogen (secondary N) is 2. The predicted octanol–water partition coefficient (Wildman–Crippen LogP) is 0.400. The number of rotatable bonds is 5.